The highest BCUT2D eigenvalue weighted by Crippen LogP contribution is 2.29. The van der Waals surface area contributed by atoms with Crippen LogP contribution in [0.4, 0.5) is 0 Å². The first kappa shape index (κ1) is 23.5. The number of nitrogens with zero attached hydrogens (tertiary/aromatic N) is 1. The summed E-state index contributed by atoms with van der Waals surface area (Å²) >= 11 is 0. The summed E-state index contributed by atoms with van der Waals surface area (Å²) < 4.78 is 43.3. The molecule has 164 valence electrons. The number of methoxy groups -OCH3 is 2. The van der Waals surface area contributed by atoms with E-state index in [1.165, 1.54) is 32.4 Å². The van der Waals surface area contributed by atoms with Gasteiger partial charge in [0.1, 0.15) is 5.75 Å². The first-order valence-corrected chi connectivity index (χ1v) is 11.0. The standard InChI is InChI=1S/C21H28N2O6S/c1-5-29-18-9-7-6-8-16(18)15-23(2)21(24)12-13-22-30(25,26)17-10-11-19(27-3)20(14-17)28-4/h6-11,14,22H,5,12-13,15H2,1-4H3. The Morgan fingerprint density at radius 1 is 1.03 bits per heavy atom. The van der Waals surface area contributed by atoms with E-state index < -0.39 is 10.0 Å². The number of nitrogens with one attached hydrogen (secondary N) is 1. The van der Waals surface area contributed by atoms with Gasteiger partial charge in [0, 0.05) is 38.2 Å². The Kier molecular flexibility index (Phi) is 8.49. The maximum absolute atomic E-state index is 12.5. The monoisotopic (exact) mass is 436 g/mol. The molecule has 0 spiro atoms. The van der Waals surface area contributed by atoms with Crippen LogP contribution in [0.1, 0.15) is 18.9 Å². The second kappa shape index (κ2) is 10.8. The van der Waals surface area contributed by atoms with Gasteiger partial charge in [-0.3, -0.25) is 4.79 Å². The summed E-state index contributed by atoms with van der Waals surface area (Å²) in [5.41, 5.74) is 0.890. The Bertz CT molecular complexity index is 962. The molecule has 0 aliphatic heterocycles. The molecule has 0 fully saturated rings. The molecule has 8 nitrogen and oxygen atoms in total. The summed E-state index contributed by atoms with van der Waals surface area (Å²) in [6.45, 7) is 2.78. The zero-order chi connectivity index (χ0) is 22.1. The van der Waals surface area contributed by atoms with Crippen molar-refractivity contribution >= 4 is 15.9 Å². The van der Waals surface area contributed by atoms with Crippen LogP contribution in [-0.2, 0) is 21.4 Å². The highest BCUT2D eigenvalue weighted by molar-refractivity contribution is 7.89. The molecule has 0 heterocycles. The molecule has 30 heavy (non-hydrogen) atoms. The van der Waals surface area contributed by atoms with Crippen molar-refractivity contribution in [1.82, 2.24) is 9.62 Å². The van der Waals surface area contributed by atoms with Crippen molar-refractivity contribution in [2.24, 2.45) is 0 Å². The van der Waals surface area contributed by atoms with E-state index in [0.29, 0.717) is 24.7 Å². The number of ether oxygens (including phenoxy) is 3. The Morgan fingerprint density at radius 3 is 2.40 bits per heavy atom. The van der Waals surface area contributed by atoms with Crippen LogP contribution in [0.5, 0.6) is 17.2 Å². The number of carbonyl (C=O) groups excluding carboxylic acids is 1. The van der Waals surface area contributed by atoms with Gasteiger partial charge in [-0.05, 0) is 25.1 Å². The third kappa shape index (κ3) is 6.11. The number of sulfonamides is 1. The molecule has 9 heteroatoms. The summed E-state index contributed by atoms with van der Waals surface area (Å²) in [5.74, 6) is 1.29. The van der Waals surface area contributed by atoms with Crippen LogP contribution in [0, 0.1) is 0 Å². The predicted octanol–water partition coefficient (Wildman–Crippen LogP) is 2.43. The summed E-state index contributed by atoms with van der Waals surface area (Å²) in [6, 6.07) is 11.8. The van der Waals surface area contributed by atoms with Crippen LogP contribution in [0.25, 0.3) is 0 Å². The van der Waals surface area contributed by atoms with E-state index in [2.05, 4.69) is 4.72 Å². The molecule has 2 rings (SSSR count). The third-order valence-electron chi connectivity index (χ3n) is 4.40. The molecule has 0 atom stereocenters. The number of hydrogen-bond acceptors (Lipinski definition) is 6. The SMILES string of the molecule is CCOc1ccccc1CN(C)C(=O)CCNS(=O)(=O)c1ccc(OC)c(OC)c1. The molecule has 2 aromatic carbocycles. The number of benzene rings is 2. The normalized spacial score (nSPS) is 11.1. The smallest absolute Gasteiger partial charge is 0.240 e. The average Bonchev–Trinajstić information content (AvgIpc) is 2.74. The van der Waals surface area contributed by atoms with Gasteiger partial charge in [-0.15, -0.1) is 0 Å². The fraction of sp³-hybridized carbons (Fsp3) is 0.381. The molecular weight excluding hydrogens is 408 g/mol. The number of hydrogen-bond donors (Lipinski definition) is 1. The molecule has 1 amide bonds. The molecule has 0 saturated carbocycles. The quantitative estimate of drug-likeness (QED) is 0.581. The van der Waals surface area contributed by atoms with E-state index in [1.807, 2.05) is 31.2 Å². The molecule has 0 aromatic heterocycles. The van der Waals surface area contributed by atoms with E-state index in [1.54, 1.807) is 11.9 Å². The van der Waals surface area contributed by atoms with Crippen molar-refractivity contribution in [3.05, 3.63) is 48.0 Å². The number of carbonyl (C=O) groups is 1. The Morgan fingerprint density at radius 2 is 1.73 bits per heavy atom. The zero-order valence-electron chi connectivity index (χ0n) is 17.7. The molecule has 0 aliphatic rings. The lowest BCUT2D eigenvalue weighted by atomic mass is 10.2. The van der Waals surface area contributed by atoms with Crippen LogP contribution < -0.4 is 18.9 Å². The van der Waals surface area contributed by atoms with Crippen LogP contribution in [0.3, 0.4) is 0 Å². The lowest BCUT2D eigenvalue weighted by Crippen LogP contribution is -2.32. The summed E-state index contributed by atoms with van der Waals surface area (Å²) in [4.78, 5) is 14.0. The minimum absolute atomic E-state index is 0.0209. The van der Waals surface area contributed by atoms with Crippen molar-refractivity contribution in [2.75, 3.05) is 34.4 Å². The highest BCUT2D eigenvalue weighted by Gasteiger charge is 2.18. The maximum atomic E-state index is 12.5. The molecule has 1 N–H and O–H groups in total. The van der Waals surface area contributed by atoms with E-state index in [9.17, 15) is 13.2 Å². The van der Waals surface area contributed by atoms with Gasteiger partial charge in [0.2, 0.25) is 15.9 Å². The van der Waals surface area contributed by atoms with Crippen LogP contribution in [0.2, 0.25) is 0 Å². The minimum atomic E-state index is -3.79. The van der Waals surface area contributed by atoms with E-state index in [-0.39, 0.29) is 23.8 Å². The first-order valence-electron chi connectivity index (χ1n) is 9.48. The van der Waals surface area contributed by atoms with Crippen molar-refractivity contribution in [1.29, 1.82) is 0 Å². The van der Waals surface area contributed by atoms with Crippen LogP contribution >= 0.6 is 0 Å². The average molecular weight is 437 g/mol. The fourth-order valence-electron chi connectivity index (χ4n) is 2.82. The number of rotatable bonds is 11. The molecule has 0 unspecified atom stereocenters. The first-order chi connectivity index (χ1) is 14.3. The van der Waals surface area contributed by atoms with Gasteiger partial charge in [0.25, 0.3) is 0 Å². The van der Waals surface area contributed by atoms with Crippen LogP contribution in [-0.4, -0.2) is 53.6 Å². The van der Waals surface area contributed by atoms with Crippen molar-refractivity contribution < 1.29 is 27.4 Å². The molecule has 2 aromatic rings. The largest absolute Gasteiger partial charge is 0.494 e. The lowest BCUT2D eigenvalue weighted by Gasteiger charge is -2.19. The van der Waals surface area contributed by atoms with E-state index in [0.717, 1.165) is 11.3 Å². The molecular formula is C21H28N2O6S. The fourth-order valence-corrected chi connectivity index (χ4v) is 3.87. The molecule has 0 saturated heterocycles. The van der Waals surface area contributed by atoms with E-state index >= 15 is 0 Å². The van der Waals surface area contributed by atoms with Gasteiger partial charge < -0.3 is 19.1 Å². The highest BCUT2D eigenvalue weighted by atomic mass is 32.2. The summed E-state index contributed by atoms with van der Waals surface area (Å²) in [6.07, 6.45) is 0.0276. The van der Waals surface area contributed by atoms with Gasteiger partial charge in [-0.2, -0.15) is 0 Å². The Labute approximate surface area is 177 Å². The van der Waals surface area contributed by atoms with Gasteiger partial charge in [0.15, 0.2) is 11.5 Å². The van der Waals surface area contributed by atoms with Gasteiger partial charge >= 0.3 is 0 Å². The second-order valence-electron chi connectivity index (χ2n) is 6.46. The summed E-state index contributed by atoms with van der Waals surface area (Å²) in [7, 11) is 0.788. The Balaban J connectivity index is 1.95. The maximum Gasteiger partial charge on any atom is 0.240 e. The number of amides is 1. The summed E-state index contributed by atoms with van der Waals surface area (Å²) in [5, 5.41) is 0. The van der Waals surface area contributed by atoms with Gasteiger partial charge in [-0.25, -0.2) is 13.1 Å². The molecule has 0 aliphatic carbocycles. The van der Waals surface area contributed by atoms with Crippen molar-refractivity contribution in [2.45, 2.75) is 24.8 Å². The minimum Gasteiger partial charge on any atom is -0.494 e. The van der Waals surface area contributed by atoms with Gasteiger partial charge in [0.05, 0.1) is 25.7 Å². The zero-order valence-corrected chi connectivity index (χ0v) is 18.5. The predicted molar refractivity (Wildman–Crippen MR) is 113 cm³/mol. The van der Waals surface area contributed by atoms with Crippen molar-refractivity contribution in [3.63, 3.8) is 0 Å². The molecule has 0 radical (unpaired) electrons. The topological polar surface area (TPSA) is 94.2 Å². The third-order valence-corrected chi connectivity index (χ3v) is 5.86. The van der Waals surface area contributed by atoms with Crippen molar-refractivity contribution in [3.8, 4) is 17.2 Å². The second-order valence-corrected chi connectivity index (χ2v) is 8.22. The lowest BCUT2D eigenvalue weighted by molar-refractivity contribution is -0.130. The van der Waals surface area contributed by atoms with Crippen LogP contribution in [0.15, 0.2) is 47.4 Å². The Hall–Kier alpha value is -2.78. The van der Waals surface area contributed by atoms with Gasteiger partial charge in [-0.1, -0.05) is 18.2 Å². The molecule has 0 bridgehead atoms. The van der Waals surface area contributed by atoms with E-state index in [4.69, 9.17) is 14.2 Å². The number of para-hydroxylation sites is 1.